The van der Waals surface area contributed by atoms with E-state index in [-0.39, 0.29) is 5.44 Å². The number of benzene rings is 1. The molecule has 0 aliphatic heterocycles. The van der Waals surface area contributed by atoms with Crippen LogP contribution in [-0.4, -0.2) is 24.4 Å². The van der Waals surface area contributed by atoms with Crippen molar-refractivity contribution in [1.82, 2.24) is 0 Å². The summed E-state index contributed by atoms with van der Waals surface area (Å²) in [7, 11) is 1.57. The standard InChI is InChI=1S/C10H12O3S/c1-13-10(14-2)8-6-4-3-5-7(8)9(11)12/h3-6,10H,1-2H3,(H,11,12). The minimum atomic E-state index is -0.920. The molecular formula is C10H12O3S. The average Bonchev–Trinajstić information content (AvgIpc) is 2.20. The van der Waals surface area contributed by atoms with E-state index in [2.05, 4.69) is 0 Å². The molecule has 1 N–H and O–H groups in total. The third-order valence-electron chi connectivity index (χ3n) is 1.87. The van der Waals surface area contributed by atoms with E-state index in [0.29, 0.717) is 11.1 Å². The average molecular weight is 212 g/mol. The van der Waals surface area contributed by atoms with Gasteiger partial charge in [0, 0.05) is 12.7 Å². The molecule has 0 heterocycles. The van der Waals surface area contributed by atoms with Crippen LogP contribution in [0.25, 0.3) is 0 Å². The van der Waals surface area contributed by atoms with Crippen molar-refractivity contribution < 1.29 is 14.6 Å². The number of ether oxygens (including phenoxy) is 1. The zero-order valence-corrected chi connectivity index (χ0v) is 8.88. The monoisotopic (exact) mass is 212 g/mol. The van der Waals surface area contributed by atoms with Crippen molar-refractivity contribution in [3.63, 3.8) is 0 Å². The van der Waals surface area contributed by atoms with Crippen LogP contribution in [0.2, 0.25) is 0 Å². The van der Waals surface area contributed by atoms with Crippen LogP contribution < -0.4 is 0 Å². The number of aromatic carboxylic acids is 1. The lowest BCUT2D eigenvalue weighted by atomic mass is 10.1. The molecule has 76 valence electrons. The van der Waals surface area contributed by atoms with Gasteiger partial charge >= 0.3 is 5.97 Å². The smallest absolute Gasteiger partial charge is 0.336 e. The molecule has 0 fully saturated rings. The summed E-state index contributed by atoms with van der Waals surface area (Å²) in [4.78, 5) is 10.9. The first-order valence-electron chi connectivity index (χ1n) is 4.08. The lowest BCUT2D eigenvalue weighted by Crippen LogP contribution is -2.06. The molecule has 0 spiro atoms. The largest absolute Gasteiger partial charge is 0.478 e. The molecule has 0 aromatic heterocycles. The molecule has 1 unspecified atom stereocenters. The number of thioether (sulfide) groups is 1. The summed E-state index contributed by atoms with van der Waals surface area (Å²) in [5, 5.41) is 8.94. The Hall–Kier alpha value is -1.00. The highest BCUT2D eigenvalue weighted by Gasteiger charge is 2.16. The lowest BCUT2D eigenvalue weighted by molar-refractivity contribution is 0.0691. The number of methoxy groups -OCH3 is 1. The predicted octanol–water partition coefficient (Wildman–Crippen LogP) is 2.39. The Balaban J connectivity index is 3.11. The van der Waals surface area contributed by atoms with Gasteiger partial charge in [0.2, 0.25) is 0 Å². The predicted molar refractivity (Wildman–Crippen MR) is 56.7 cm³/mol. The van der Waals surface area contributed by atoms with Gasteiger partial charge in [0.1, 0.15) is 5.44 Å². The van der Waals surface area contributed by atoms with E-state index >= 15 is 0 Å². The van der Waals surface area contributed by atoms with E-state index in [1.165, 1.54) is 11.8 Å². The quantitative estimate of drug-likeness (QED) is 0.778. The Morgan fingerprint density at radius 3 is 2.64 bits per heavy atom. The number of hydrogen-bond acceptors (Lipinski definition) is 3. The minimum absolute atomic E-state index is 0.220. The van der Waals surface area contributed by atoms with E-state index in [1.807, 2.05) is 12.3 Å². The highest BCUT2D eigenvalue weighted by molar-refractivity contribution is 7.98. The van der Waals surface area contributed by atoms with Gasteiger partial charge in [0.15, 0.2) is 0 Å². The molecule has 3 nitrogen and oxygen atoms in total. The molecule has 0 aliphatic rings. The van der Waals surface area contributed by atoms with Crippen LogP contribution in [0.3, 0.4) is 0 Å². The SMILES string of the molecule is COC(SC)c1ccccc1C(=O)O. The van der Waals surface area contributed by atoms with E-state index in [9.17, 15) is 4.79 Å². The maximum Gasteiger partial charge on any atom is 0.336 e. The van der Waals surface area contributed by atoms with Crippen molar-refractivity contribution in [2.24, 2.45) is 0 Å². The number of rotatable bonds is 4. The first kappa shape index (κ1) is 11.1. The third-order valence-corrected chi connectivity index (χ3v) is 2.75. The molecular weight excluding hydrogens is 200 g/mol. The van der Waals surface area contributed by atoms with Gasteiger partial charge in [0.25, 0.3) is 0 Å². The Labute approximate surface area is 87.1 Å². The van der Waals surface area contributed by atoms with E-state index in [1.54, 1.807) is 25.3 Å². The van der Waals surface area contributed by atoms with Gasteiger partial charge in [-0.2, -0.15) is 0 Å². The molecule has 0 bridgehead atoms. The zero-order chi connectivity index (χ0) is 10.6. The molecule has 0 saturated carbocycles. The number of carboxylic acid groups (broad SMARTS) is 1. The van der Waals surface area contributed by atoms with Crippen LogP contribution in [0.1, 0.15) is 21.4 Å². The second-order valence-electron chi connectivity index (χ2n) is 2.70. The fraction of sp³-hybridized carbons (Fsp3) is 0.300. The second kappa shape index (κ2) is 5.02. The number of hydrogen-bond donors (Lipinski definition) is 1. The Kier molecular flexibility index (Phi) is 3.98. The van der Waals surface area contributed by atoms with Crippen molar-refractivity contribution >= 4 is 17.7 Å². The van der Waals surface area contributed by atoms with Crippen molar-refractivity contribution in [1.29, 1.82) is 0 Å². The van der Waals surface area contributed by atoms with Gasteiger partial charge in [-0.15, -0.1) is 11.8 Å². The summed E-state index contributed by atoms with van der Waals surface area (Å²) in [6, 6.07) is 6.87. The van der Waals surface area contributed by atoms with Crippen LogP contribution in [0.4, 0.5) is 0 Å². The van der Waals surface area contributed by atoms with Crippen LogP contribution in [0.15, 0.2) is 24.3 Å². The molecule has 1 rings (SSSR count). The van der Waals surface area contributed by atoms with Gasteiger partial charge < -0.3 is 9.84 Å². The summed E-state index contributed by atoms with van der Waals surface area (Å²) in [6.07, 6.45) is 1.88. The molecule has 1 atom stereocenters. The van der Waals surface area contributed by atoms with Gasteiger partial charge in [-0.3, -0.25) is 0 Å². The van der Waals surface area contributed by atoms with Crippen molar-refractivity contribution in [3.8, 4) is 0 Å². The Morgan fingerprint density at radius 1 is 1.50 bits per heavy atom. The van der Waals surface area contributed by atoms with E-state index < -0.39 is 5.97 Å². The maximum atomic E-state index is 10.9. The van der Waals surface area contributed by atoms with Gasteiger partial charge in [-0.25, -0.2) is 4.79 Å². The second-order valence-corrected chi connectivity index (χ2v) is 3.60. The fourth-order valence-corrected chi connectivity index (χ4v) is 1.90. The molecule has 0 saturated heterocycles. The summed E-state index contributed by atoms with van der Waals surface area (Å²) >= 11 is 1.47. The summed E-state index contributed by atoms with van der Waals surface area (Å²) in [6.45, 7) is 0. The maximum absolute atomic E-state index is 10.9. The third kappa shape index (κ3) is 2.27. The summed E-state index contributed by atoms with van der Waals surface area (Å²) < 4.78 is 5.18. The van der Waals surface area contributed by atoms with E-state index in [0.717, 1.165) is 0 Å². The zero-order valence-electron chi connectivity index (χ0n) is 8.06. The van der Waals surface area contributed by atoms with Crippen LogP contribution in [-0.2, 0) is 4.74 Å². The molecule has 14 heavy (non-hydrogen) atoms. The van der Waals surface area contributed by atoms with Crippen molar-refractivity contribution in [2.75, 3.05) is 13.4 Å². The number of carbonyl (C=O) groups is 1. The highest BCUT2D eigenvalue weighted by Crippen LogP contribution is 2.29. The van der Waals surface area contributed by atoms with E-state index in [4.69, 9.17) is 9.84 Å². The van der Waals surface area contributed by atoms with Crippen LogP contribution in [0, 0.1) is 0 Å². The molecule has 0 radical (unpaired) electrons. The molecule has 4 heteroatoms. The lowest BCUT2D eigenvalue weighted by Gasteiger charge is -2.14. The summed E-state index contributed by atoms with van der Waals surface area (Å²) in [5.41, 5.74) is 0.783. The first-order chi connectivity index (χ1) is 6.70. The van der Waals surface area contributed by atoms with Crippen molar-refractivity contribution in [2.45, 2.75) is 5.44 Å². The van der Waals surface area contributed by atoms with Crippen molar-refractivity contribution in [3.05, 3.63) is 35.4 Å². The Morgan fingerprint density at radius 2 is 2.14 bits per heavy atom. The topological polar surface area (TPSA) is 46.5 Å². The molecule has 1 aromatic rings. The highest BCUT2D eigenvalue weighted by atomic mass is 32.2. The Bertz CT molecular complexity index is 321. The van der Waals surface area contributed by atoms with Gasteiger partial charge in [-0.1, -0.05) is 18.2 Å². The number of carboxylic acids is 1. The van der Waals surface area contributed by atoms with Gasteiger partial charge in [0.05, 0.1) is 5.56 Å². The minimum Gasteiger partial charge on any atom is -0.478 e. The first-order valence-corrected chi connectivity index (χ1v) is 5.37. The molecule has 0 amide bonds. The van der Waals surface area contributed by atoms with Crippen LogP contribution in [0.5, 0.6) is 0 Å². The van der Waals surface area contributed by atoms with Gasteiger partial charge in [-0.05, 0) is 12.3 Å². The fourth-order valence-electron chi connectivity index (χ4n) is 1.25. The molecule has 1 aromatic carbocycles. The summed E-state index contributed by atoms with van der Waals surface area (Å²) in [5.74, 6) is -0.920. The molecule has 0 aliphatic carbocycles. The normalized spacial score (nSPS) is 12.4. The van der Waals surface area contributed by atoms with Crippen LogP contribution >= 0.6 is 11.8 Å².